The van der Waals surface area contributed by atoms with Crippen LogP contribution < -0.4 is 5.69 Å². The van der Waals surface area contributed by atoms with Gasteiger partial charge in [-0.2, -0.15) is 0 Å². The van der Waals surface area contributed by atoms with Crippen LogP contribution in [0.2, 0.25) is 0 Å². The van der Waals surface area contributed by atoms with Crippen molar-refractivity contribution in [1.82, 2.24) is 9.55 Å². The Morgan fingerprint density at radius 3 is 2.62 bits per heavy atom. The zero-order chi connectivity index (χ0) is 18.3. The highest BCUT2D eigenvalue weighted by atomic mass is 19.1. The van der Waals surface area contributed by atoms with Gasteiger partial charge in [0, 0.05) is 22.9 Å². The van der Waals surface area contributed by atoms with Crippen LogP contribution in [0.25, 0.3) is 11.6 Å². The number of halogens is 2. The van der Waals surface area contributed by atoms with Crippen molar-refractivity contribution >= 4 is 23.6 Å². The summed E-state index contributed by atoms with van der Waals surface area (Å²) in [5.41, 5.74) is 1.54. The Hall–Kier alpha value is -3.48. The van der Waals surface area contributed by atoms with Gasteiger partial charge in [-0.1, -0.05) is 24.3 Å². The van der Waals surface area contributed by atoms with Crippen LogP contribution in [0, 0.1) is 11.6 Å². The molecule has 0 aliphatic carbocycles. The van der Waals surface area contributed by atoms with Gasteiger partial charge in [-0.05, 0) is 24.3 Å². The number of allylic oxidation sites excluding steroid dienone is 1. The molecule has 3 aromatic rings. The summed E-state index contributed by atoms with van der Waals surface area (Å²) in [4.78, 5) is 18.9. The summed E-state index contributed by atoms with van der Waals surface area (Å²) >= 11 is 0. The molecule has 5 nitrogen and oxygen atoms in total. The van der Waals surface area contributed by atoms with Crippen LogP contribution in [0.5, 0.6) is 5.88 Å². The Labute approximate surface area is 146 Å². The number of hydrogen-bond acceptors (Lipinski definition) is 3. The molecule has 4 rings (SSSR count). The SMILES string of the molecule is O=c1[nH]c(/C=C2\C=Nc3ccccc32)c(O)n1Cc1c(F)cccc1F. The molecule has 2 aromatic carbocycles. The van der Waals surface area contributed by atoms with Gasteiger partial charge in [0.1, 0.15) is 17.3 Å². The van der Waals surface area contributed by atoms with Gasteiger partial charge < -0.3 is 10.1 Å². The van der Waals surface area contributed by atoms with E-state index in [-0.39, 0.29) is 11.3 Å². The van der Waals surface area contributed by atoms with E-state index >= 15 is 0 Å². The number of benzene rings is 2. The minimum atomic E-state index is -0.783. The predicted molar refractivity (Wildman–Crippen MR) is 94.6 cm³/mol. The lowest BCUT2D eigenvalue weighted by atomic mass is 10.1. The van der Waals surface area contributed by atoms with Crippen LogP contribution in [0.1, 0.15) is 16.8 Å². The first-order valence-corrected chi connectivity index (χ1v) is 7.84. The van der Waals surface area contributed by atoms with Crippen molar-refractivity contribution in [3.05, 3.63) is 81.4 Å². The summed E-state index contributed by atoms with van der Waals surface area (Å²) in [5.74, 6) is -1.97. The van der Waals surface area contributed by atoms with E-state index in [1.54, 1.807) is 12.3 Å². The first-order chi connectivity index (χ1) is 12.5. The topological polar surface area (TPSA) is 70.4 Å². The van der Waals surface area contributed by atoms with E-state index in [1.807, 2.05) is 24.3 Å². The molecule has 7 heteroatoms. The molecule has 1 aliphatic rings. The number of para-hydroxylation sites is 1. The predicted octanol–water partition coefficient (Wildman–Crippen LogP) is 3.47. The Balaban J connectivity index is 1.74. The first-order valence-electron chi connectivity index (χ1n) is 7.84. The van der Waals surface area contributed by atoms with Gasteiger partial charge in [0.15, 0.2) is 0 Å². The normalized spacial score (nSPS) is 14.2. The van der Waals surface area contributed by atoms with Crippen molar-refractivity contribution in [2.75, 3.05) is 0 Å². The lowest BCUT2D eigenvalue weighted by molar-refractivity contribution is 0.416. The van der Waals surface area contributed by atoms with Crippen molar-refractivity contribution in [1.29, 1.82) is 0 Å². The molecule has 0 spiro atoms. The smallest absolute Gasteiger partial charge is 0.329 e. The van der Waals surface area contributed by atoms with Gasteiger partial charge in [-0.3, -0.25) is 9.56 Å². The van der Waals surface area contributed by atoms with Crippen LogP contribution in [-0.4, -0.2) is 20.9 Å². The van der Waals surface area contributed by atoms with Crippen LogP contribution in [-0.2, 0) is 6.54 Å². The molecule has 130 valence electrons. The number of nitrogens with zero attached hydrogens (tertiary/aromatic N) is 2. The molecule has 0 unspecified atom stereocenters. The summed E-state index contributed by atoms with van der Waals surface area (Å²) < 4.78 is 28.5. The van der Waals surface area contributed by atoms with E-state index < -0.39 is 29.7 Å². The number of rotatable bonds is 3. The van der Waals surface area contributed by atoms with Crippen LogP contribution in [0.3, 0.4) is 0 Å². The lowest BCUT2D eigenvalue weighted by Gasteiger charge is -2.06. The monoisotopic (exact) mass is 353 g/mol. The van der Waals surface area contributed by atoms with E-state index in [4.69, 9.17) is 0 Å². The molecule has 0 saturated heterocycles. The molecule has 2 heterocycles. The Bertz CT molecular complexity index is 1110. The molecular weight excluding hydrogens is 340 g/mol. The standard InChI is InChI=1S/C19H13F2N3O2/c20-14-5-3-6-15(21)13(14)10-24-18(25)17(23-19(24)26)8-11-9-22-16-7-2-1-4-12(11)16/h1-9,25H,10H2,(H,23,26)/b11-8+. The highest BCUT2D eigenvalue weighted by Crippen LogP contribution is 2.33. The second-order valence-corrected chi connectivity index (χ2v) is 5.83. The van der Waals surface area contributed by atoms with Gasteiger partial charge in [0.05, 0.1) is 12.2 Å². The molecule has 26 heavy (non-hydrogen) atoms. The molecule has 1 aromatic heterocycles. The molecule has 0 radical (unpaired) electrons. The Kier molecular flexibility index (Phi) is 3.76. The number of imidazole rings is 1. The van der Waals surface area contributed by atoms with Crippen molar-refractivity contribution in [3.63, 3.8) is 0 Å². The fraction of sp³-hybridized carbons (Fsp3) is 0.0526. The maximum atomic E-state index is 13.8. The number of hydrogen-bond donors (Lipinski definition) is 2. The van der Waals surface area contributed by atoms with E-state index in [0.29, 0.717) is 5.57 Å². The van der Waals surface area contributed by atoms with Crippen LogP contribution >= 0.6 is 0 Å². The number of aromatic hydroxyl groups is 1. The number of nitrogens with one attached hydrogen (secondary N) is 1. The quantitative estimate of drug-likeness (QED) is 0.757. The molecule has 1 aliphatic heterocycles. The van der Waals surface area contributed by atoms with Crippen molar-refractivity contribution in [3.8, 4) is 5.88 Å². The van der Waals surface area contributed by atoms with Gasteiger partial charge in [0.25, 0.3) is 0 Å². The maximum absolute atomic E-state index is 13.8. The fourth-order valence-electron chi connectivity index (χ4n) is 2.88. The second kappa shape index (κ2) is 6.11. The number of aliphatic imine (C=N–C) groups is 1. The minimum Gasteiger partial charge on any atom is -0.493 e. The van der Waals surface area contributed by atoms with E-state index in [1.165, 1.54) is 6.07 Å². The summed E-state index contributed by atoms with van der Waals surface area (Å²) in [6, 6.07) is 10.9. The van der Waals surface area contributed by atoms with Gasteiger partial charge in [0.2, 0.25) is 5.88 Å². The summed E-state index contributed by atoms with van der Waals surface area (Å²) in [7, 11) is 0. The Morgan fingerprint density at radius 1 is 1.12 bits per heavy atom. The van der Waals surface area contributed by atoms with E-state index in [9.17, 15) is 18.7 Å². The van der Waals surface area contributed by atoms with Crippen molar-refractivity contribution in [2.24, 2.45) is 4.99 Å². The number of H-pyrrole nitrogens is 1. The average molecular weight is 353 g/mol. The molecule has 0 fully saturated rings. The van der Waals surface area contributed by atoms with E-state index in [2.05, 4.69) is 9.98 Å². The third kappa shape index (κ3) is 2.63. The second-order valence-electron chi connectivity index (χ2n) is 5.83. The number of aromatic nitrogens is 2. The average Bonchev–Trinajstić information content (AvgIpc) is 3.14. The fourth-order valence-corrected chi connectivity index (χ4v) is 2.88. The van der Waals surface area contributed by atoms with Gasteiger partial charge in [-0.15, -0.1) is 0 Å². The van der Waals surface area contributed by atoms with Gasteiger partial charge >= 0.3 is 5.69 Å². The summed E-state index contributed by atoms with van der Waals surface area (Å²) in [5, 5.41) is 10.4. The molecule has 0 saturated carbocycles. The van der Waals surface area contributed by atoms with Crippen molar-refractivity contribution in [2.45, 2.75) is 6.54 Å². The number of fused-ring (bicyclic) bond motifs is 1. The zero-order valence-corrected chi connectivity index (χ0v) is 13.4. The third-order valence-electron chi connectivity index (χ3n) is 4.22. The van der Waals surface area contributed by atoms with Crippen LogP contribution in [0.4, 0.5) is 14.5 Å². The molecule has 2 N–H and O–H groups in total. The highest BCUT2D eigenvalue weighted by molar-refractivity contribution is 6.21. The van der Waals surface area contributed by atoms with E-state index in [0.717, 1.165) is 28.0 Å². The first kappa shape index (κ1) is 16.0. The molecular formula is C19H13F2N3O2. The zero-order valence-electron chi connectivity index (χ0n) is 13.4. The van der Waals surface area contributed by atoms with Gasteiger partial charge in [-0.25, -0.2) is 13.6 Å². The highest BCUT2D eigenvalue weighted by Gasteiger charge is 2.18. The minimum absolute atomic E-state index is 0.143. The lowest BCUT2D eigenvalue weighted by Crippen LogP contribution is -2.18. The molecule has 0 atom stereocenters. The van der Waals surface area contributed by atoms with Crippen molar-refractivity contribution < 1.29 is 13.9 Å². The largest absolute Gasteiger partial charge is 0.493 e. The van der Waals surface area contributed by atoms with Crippen LogP contribution in [0.15, 0.2) is 52.3 Å². The summed E-state index contributed by atoms with van der Waals surface area (Å²) in [6.45, 7) is -0.423. The summed E-state index contributed by atoms with van der Waals surface area (Å²) in [6.07, 6.45) is 3.19. The molecule has 0 bridgehead atoms. The molecule has 0 amide bonds. The number of aromatic amines is 1. The Morgan fingerprint density at radius 2 is 1.85 bits per heavy atom. The maximum Gasteiger partial charge on any atom is 0.329 e. The third-order valence-corrected chi connectivity index (χ3v) is 4.22.